The molecule has 0 radical (unpaired) electrons. The molecule has 0 aliphatic heterocycles. The SMILES string of the molecule is CCOC(=O)CCCOc1cc(-c2c(C(=O)O)c(N)[nH]c(=O)c2C(=O)O)ccc1OC. The Morgan fingerprint density at radius 2 is 1.77 bits per heavy atom. The molecule has 1 aromatic carbocycles. The van der Waals surface area contributed by atoms with Crippen LogP contribution in [-0.4, -0.2) is 53.4 Å². The number of nitrogens with one attached hydrogen (secondary N) is 1. The number of hydrogen-bond donors (Lipinski definition) is 4. The van der Waals surface area contributed by atoms with Crippen molar-refractivity contribution >= 4 is 23.7 Å². The number of hydrogen-bond acceptors (Lipinski definition) is 8. The summed E-state index contributed by atoms with van der Waals surface area (Å²) in [5, 5.41) is 19.0. The molecule has 0 fully saturated rings. The van der Waals surface area contributed by atoms with Crippen molar-refractivity contribution < 1.29 is 38.8 Å². The average molecular weight is 434 g/mol. The number of pyridine rings is 1. The van der Waals surface area contributed by atoms with Gasteiger partial charge in [0.1, 0.15) is 16.9 Å². The van der Waals surface area contributed by atoms with Crippen LogP contribution in [0.4, 0.5) is 5.82 Å². The number of methoxy groups -OCH3 is 1. The van der Waals surface area contributed by atoms with E-state index >= 15 is 0 Å². The Balaban J connectivity index is 2.49. The summed E-state index contributed by atoms with van der Waals surface area (Å²) in [6.45, 7) is 2.07. The van der Waals surface area contributed by atoms with Gasteiger partial charge in [0, 0.05) is 12.0 Å². The summed E-state index contributed by atoms with van der Waals surface area (Å²) in [6.07, 6.45) is 0.470. The van der Waals surface area contributed by atoms with Crippen LogP contribution in [-0.2, 0) is 9.53 Å². The monoisotopic (exact) mass is 434 g/mol. The number of carboxylic acid groups (broad SMARTS) is 2. The number of rotatable bonds is 10. The lowest BCUT2D eigenvalue weighted by atomic mass is 9.95. The molecule has 0 atom stereocenters. The molecule has 31 heavy (non-hydrogen) atoms. The van der Waals surface area contributed by atoms with Gasteiger partial charge in [0.05, 0.1) is 20.3 Å². The molecule has 0 saturated carbocycles. The van der Waals surface area contributed by atoms with E-state index < -0.39 is 34.4 Å². The number of nitrogen functional groups attached to an aromatic ring is 1. The van der Waals surface area contributed by atoms with Gasteiger partial charge >= 0.3 is 17.9 Å². The molecule has 11 nitrogen and oxygen atoms in total. The highest BCUT2D eigenvalue weighted by atomic mass is 16.5. The number of aromatic carboxylic acids is 2. The minimum atomic E-state index is -1.62. The molecular formula is C20H22N2O9. The largest absolute Gasteiger partial charge is 0.493 e. The van der Waals surface area contributed by atoms with Crippen molar-refractivity contribution in [2.75, 3.05) is 26.1 Å². The Hall–Kier alpha value is -4.02. The van der Waals surface area contributed by atoms with Gasteiger partial charge in [-0.1, -0.05) is 6.07 Å². The Labute approximate surface area is 176 Å². The molecule has 2 rings (SSSR count). The van der Waals surface area contributed by atoms with Crippen LogP contribution < -0.4 is 20.8 Å². The second-order valence-electron chi connectivity index (χ2n) is 6.23. The van der Waals surface area contributed by atoms with Gasteiger partial charge < -0.3 is 35.1 Å². The zero-order chi connectivity index (χ0) is 23.1. The fourth-order valence-corrected chi connectivity index (χ4v) is 2.91. The highest BCUT2D eigenvalue weighted by molar-refractivity contribution is 6.07. The minimum Gasteiger partial charge on any atom is -0.493 e. The first-order chi connectivity index (χ1) is 14.7. The average Bonchev–Trinajstić information content (AvgIpc) is 2.70. The second-order valence-corrected chi connectivity index (χ2v) is 6.23. The quantitative estimate of drug-likeness (QED) is 0.318. The van der Waals surface area contributed by atoms with Crippen LogP contribution in [0.1, 0.15) is 40.5 Å². The van der Waals surface area contributed by atoms with Crippen molar-refractivity contribution in [1.29, 1.82) is 0 Å². The zero-order valence-electron chi connectivity index (χ0n) is 16.9. The van der Waals surface area contributed by atoms with Gasteiger partial charge in [0.2, 0.25) is 0 Å². The van der Waals surface area contributed by atoms with E-state index in [9.17, 15) is 29.4 Å². The fourth-order valence-electron chi connectivity index (χ4n) is 2.91. The van der Waals surface area contributed by atoms with Crippen LogP contribution in [0.3, 0.4) is 0 Å². The van der Waals surface area contributed by atoms with Crippen LogP contribution >= 0.6 is 0 Å². The molecule has 11 heteroatoms. The summed E-state index contributed by atoms with van der Waals surface area (Å²) in [6, 6.07) is 4.17. The van der Waals surface area contributed by atoms with Crippen molar-refractivity contribution in [2.24, 2.45) is 0 Å². The van der Waals surface area contributed by atoms with Crippen LogP contribution in [0.25, 0.3) is 11.1 Å². The number of H-pyrrole nitrogens is 1. The molecule has 0 saturated heterocycles. The number of aromatic amines is 1. The maximum absolute atomic E-state index is 12.2. The number of carbonyl (C=O) groups is 3. The third kappa shape index (κ3) is 5.32. The molecule has 5 N–H and O–H groups in total. The molecule has 2 aromatic rings. The maximum atomic E-state index is 12.2. The molecule has 1 heterocycles. The molecular weight excluding hydrogens is 412 g/mol. The third-order valence-electron chi connectivity index (χ3n) is 4.21. The topological polar surface area (TPSA) is 178 Å². The highest BCUT2D eigenvalue weighted by Gasteiger charge is 2.27. The van der Waals surface area contributed by atoms with E-state index in [0.717, 1.165) is 0 Å². The number of nitrogens with two attached hydrogens (primary N) is 1. The first-order valence-electron chi connectivity index (χ1n) is 9.20. The summed E-state index contributed by atoms with van der Waals surface area (Å²) in [7, 11) is 1.39. The number of carboxylic acids is 2. The molecule has 0 aliphatic carbocycles. The van der Waals surface area contributed by atoms with Crippen molar-refractivity contribution in [1.82, 2.24) is 4.98 Å². The van der Waals surface area contributed by atoms with E-state index in [1.54, 1.807) is 6.92 Å². The van der Waals surface area contributed by atoms with E-state index in [1.165, 1.54) is 25.3 Å². The van der Waals surface area contributed by atoms with Crippen LogP contribution in [0.2, 0.25) is 0 Å². The number of carbonyl (C=O) groups excluding carboxylic acids is 1. The molecule has 0 bridgehead atoms. The predicted octanol–water partition coefficient (Wildman–Crippen LogP) is 1.75. The summed E-state index contributed by atoms with van der Waals surface area (Å²) < 4.78 is 15.7. The standard InChI is InChI=1S/C20H22N2O9/c1-3-30-13(23)5-4-8-31-12-9-10(6-7-11(12)29-2)14-15(19(25)26)17(21)22-18(24)16(14)20(27)28/h6-7,9H,3-5,8H2,1-2H3,(H,25,26)(H,27,28)(H3,21,22,24). The summed E-state index contributed by atoms with van der Waals surface area (Å²) in [5.74, 6) is -3.54. The Morgan fingerprint density at radius 1 is 1.10 bits per heavy atom. The lowest BCUT2D eigenvalue weighted by Crippen LogP contribution is -2.24. The van der Waals surface area contributed by atoms with E-state index in [1.807, 2.05) is 4.98 Å². The van der Waals surface area contributed by atoms with E-state index in [-0.39, 0.29) is 48.2 Å². The van der Waals surface area contributed by atoms with Crippen molar-refractivity contribution in [3.05, 3.63) is 39.7 Å². The van der Waals surface area contributed by atoms with Crippen molar-refractivity contribution in [3.8, 4) is 22.6 Å². The lowest BCUT2D eigenvalue weighted by Gasteiger charge is -2.15. The van der Waals surface area contributed by atoms with E-state index in [0.29, 0.717) is 6.42 Å². The van der Waals surface area contributed by atoms with Gasteiger partial charge in [-0.3, -0.25) is 9.59 Å². The first kappa shape index (κ1) is 23.3. The molecule has 0 amide bonds. The molecule has 1 aromatic heterocycles. The van der Waals surface area contributed by atoms with E-state index in [4.69, 9.17) is 19.9 Å². The van der Waals surface area contributed by atoms with Crippen molar-refractivity contribution in [3.63, 3.8) is 0 Å². The number of esters is 1. The third-order valence-corrected chi connectivity index (χ3v) is 4.21. The Bertz CT molecular complexity index is 1060. The highest BCUT2D eigenvalue weighted by Crippen LogP contribution is 2.36. The Morgan fingerprint density at radius 3 is 2.35 bits per heavy atom. The summed E-state index contributed by atoms with van der Waals surface area (Å²) in [5.41, 5.74) is 2.99. The van der Waals surface area contributed by atoms with Gasteiger partial charge in [-0.25, -0.2) is 9.59 Å². The number of benzene rings is 1. The van der Waals surface area contributed by atoms with Crippen LogP contribution in [0, 0.1) is 0 Å². The smallest absolute Gasteiger partial charge is 0.342 e. The number of anilines is 1. The van der Waals surface area contributed by atoms with Crippen LogP contribution in [0.5, 0.6) is 11.5 Å². The van der Waals surface area contributed by atoms with E-state index in [2.05, 4.69) is 0 Å². The minimum absolute atomic E-state index is 0.0776. The van der Waals surface area contributed by atoms with Gasteiger partial charge in [-0.2, -0.15) is 0 Å². The zero-order valence-corrected chi connectivity index (χ0v) is 16.9. The van der Waals surface area contributed by atoms with Crippen LogP contribution in [0.15, 0.2) is 23.0 Å². The lowest BCUT2D eigenvalue weighted by molar-refractivity contribution is -0.143. The molecule has 166 valence electrons. The van der Waals surface area contributed by atoms with Gasteiger partial charge in [-0.05, 0) is 31.0 Å². The first-order valence-corrected chi connectivity index (χ1v) is 9.20. The second kappa shape index (κ2) is 10.1. The molecule has 0 unspecified atom stereocenters. The number of aromatic nitrogens is 1. The summed E-state index contributed by atoms with van der Waals surface area (Å²) in [4.78, 5) is 49.1. The van der Waals surface area contributed by atoms with Crippen molar-refractivity contribution in [2.45, 2.75) is 19.8 Å². The molecule has 0 aliphatic rings. The normalized spacial score (nSPS) is 10.4. The molecule has 0 spiro atoms. The van der Waals surface area contributed by atoms with Gasteiger partial charge in [-0.15, -0.1) is 0 Å². The van der Waals surface area contributed by atoms with Gasteiger partial charge in [0.25, 0.3) is 5.56 Å². The Kier molecular flexibility index (Phi) is 7.61. The maximum Gasteiger partial charge on any atom is 0.342 e. The van der Waals surface area contributed by atoms with Gasteiger partial charge in [0.15, 0.2) is 11.5 Å². The predicted molar refractivity (Wildman–Crippen MR) is 109 cm³/mol. The summed E-state index contributed by atoms with van der Waals surface area (Å²) >= 11 is 0. The fraction of sp³-hybridized carbons (Fsp3) is 0.300. The number of ether oxygens (including phenoxy) is 3.